The fourth-order valence-electron chi connectivity index (χ4n) is 4.62. The fraction of sp³-hybridized carbons (Fsp3) is 0.111. The molecular formula is C27H20Cl2FN3O5S. The lowest BCUT2D eigenvalue weighted by atomic mass is 9.94. The summed E-state index contributed by atoms with van der Waals surface area (Å²) < 4.78 is 50.6. The predicted molar refractivity (Wildman–Crippen MR) is 146 cm³/mol. The predicted octanol–water partition coefficient (Wildman–Crippen LogP) is 5.55. The maximum absolute atomic E-state index is 14.9. The number of halogens is 3. The summed E-state index contributed by atoms with van der Waals surface area (Å²) in [6, 6.07) is 18.5. The molecule has 0 saturated heterocycles. The van der Waals surface area contributed by atoms with Crippen LogP contribution in [-0.2, 0) is 10.0 Å². The summed E-state index contributed by atoms with van der Waals surface area (Å²) in [5.41, 5.74) is 0.253. The first kappa shape index (κ1) is 26.7. The largest absolute Gasteiger partial charge is 0.412 e. The number of ether oxygens (including phenoxy) is 1. The second-order valence-corrected chi connectivity index (χ2v) is 11.3. The minimum absolute atomic E-state index is 0.0487. The highest BCUT2D eigenvalue weighted by atomic mass is 35.5. The van der Waals surface area contributed by atoms with Crippen LogP contribution in [0.5, 0.6) is 5.75 Å². The number of nitrogens with one attached hydrogen (secondary N) is 1. The molecule has 0 bridgehead atoms. The van der Waals surface area contributed by atoms with Crippen LogP contribution >= 0.6 is 23.2 Å². The van der Waals surface area contributed by atoms with Crippen molar-refractivity contribution in [2.24, 2.45) is 0 Å². The van der Waals surface area contributed by atoms with E-state index < -0.39 is 44.5 Å². The molecule has 0 aliphatic carbocycles. The van der Waals surface area contributed by atoms with Crippen LogP contribution < -0.4 is 19.9 Å². The smallest absolute Gasteiger partial charge is 0.404 e. The van der Waals surface area contributed by atoms with Gasteiger partial charge in [-0.3, -0.25) is 9.36 Å². The van der Waals surface area contributed by atoms with Crippen LogP contribution in [0.15, 0.2) is 94.6 Å². The van der Waals surface area contributed by atoms with E-state index in [1.165, 1.54) is 35.9 Å². The number of hydrogen-bond donors (Lipinski definition) is 1. The van der Waals surface area contributed by atoms with Crippen molar-refractivity contribution in [3.8, 4) is 5.75 Å². The Morgan fingerprint density at radius 3 is 2.00 bits per heavy atom. The molecule has 1 aliphatic heterocycles. The molecule has 39 heavy (non-hydrogen) atoms. The highest BCUT2D eigenvalue weighted by Crippen LogP contribution is 2.49. The maximum atomic E-state index is 14.9. The number of carbonyl (C=O) groups is 1. The molecule has 0 saturated carbocycles. The number of amides is 1. The second-order valence-electron chi connectivity index (χ2n) is 8.59. The number of rotatable bonds is 5. The number of aromatic nitrogens is 1. The van der Waals surface area contributed by atoms with Crippen molar-refractivity contribution in [3.63, 3.8) is 0 Å². The van der Waals surface area contributed by atoms with E-state index in [0.29, 0.717) is 21.2 Å². The van der Waals surface area contributed by atoms with Gasteiger partial charge in [-0.05, 0) is 59.7 Å². The minimum Gasteiger partial charge on any atom is -0.404 e. The monoisotopic (exact) mass is 587 g/mol. The first-order valence-electron chi connectivity index (χ1n) is 11.6. The minimum atomic E-state index is -4.58. The summed E-state index contributed by atoms with van der Waals surface area (Å²) in [4.78, 5) is 25.2. The molecule has 0 radical (unpaired) electrons. The summed E-state index contributed by atoms with van der Waals surface area (Å²) in [6.07, 6.45) is -0.876. The van der Waals surface area contributed by atoms with Gasteiger partial charge in [0.05, 0.1) is 12.1 Å². The molecule has 200 valence electrons. The number of fused-ring (bicyclic) bond motifs is 1. The fourth-order valence-corrected chi connectivity index (χ4v) is 6.58. The van der Waals surface area contributed by atoms with Gasteiger partial charge in [0, 0.05) is 17.1 Å². The van der Waals surface area contributed by atoms with Crippen molar-refractivity contribution in [1.82, 2.24) is 9.88 Å². The standard InChI is InChI=1S/C27H20Cl2FN3O5S/c1-31-27(35)38-21-14-15-23-32(26(21)34)24(16-6-10-18(28)11-7-16)25(17-8-12-19(29)13-9-17)33(23)39(36,37)22-5-3-2-4-20(22)30/h2-15,24-25H,1H3,(H,31,35)/t24-,25+/m0/s1. The third-order valence-electron chi connectivity index (χ3n) is 6.32. The molecule has 1 aliphatic rings. The van der Waals surface area contributed by atoms with E-state index >= 15 is 0 Å². The van der Waals surface area contributed by atoms with Crippen LogP contribution in [0.3, 0.4) is 0 Å². The lowest BCUT2D eigenvalue weighted by Crippen LogP contribution is -2.34. The van der Waals surface area contributed by atoms with E-state index in [1.807, 2.05) is 0 Å². The molecule has 1 N–H and O–H groups in total. The highest BCUT2D eigenvalue weighted by molar-refractivity contribution is 7.92. The van der Waals surface area contributed by atoms with Crippen molar-refractivity contribution in [2.75, 3.05) is 11.4 Å². The van der Waals surface area contributed by atoms with Crippen LogP contribution in [-0.4, -0.2) is 26.1 Å². The van der Waals surface area contributed by atoms with Crippen LogP contribution in [0.2, 0.25) is 10.0 Å². The Labute approximate surface area is 233 Å². The van der Waals surface area contributed by atoms with E-state index in [1.54, 1.807) is 48.5 Å². The van der Waals surface area contributed by atoms with E-state index in [4.69, 9.17) is 27.9 Å². The summed E-state index contributed by atoms with van der Waals surface area (Å²) in [7, 11) is -3.24. The summed E-state index contributed by atoms with van der Waals surface area (Å²) in [6.45, 7) is 0. The first-order chi connectivity index (χ1) is 18.6. The first-order valence-corrected chi connectivity index (χ1v) is 13.8. The quantitative estimate of drug-likeness (QED) is 0.330. The van der Waals surface area contributed by atoms with Crippen molar-refractivity contribution >= 4 is 45.1 Å². The van der Waals surface area contributed by atoms with Crippen LogP contribution in [0.25, 0.3) is 0 Å². The average Bonchev–Trinajstić information content (AvgIpc) is 3.28. The number of pyridine rings is 1. The molecule has 4 aromatic rings. The lowest BCUT2D eigenvalue weighted by Gasteiger charge is -2.29. The van der Waals surface area contributed by atoms with E-state index in [-0.39, 0.29) is 11.6 Å². The Bertz CT molecular complexity index is 1730. The third-order valence-corrected chi connectivity index (χ3v) is 8.64. The number of sulfonamides is 1. The molecule has 12 heteroatoms. The number of nitrogens with zero attached hydrogens (tertiary/aromatic N) is 2. The molecule has 8 nitrogen and oxygen atoms in total. The van der Waals surface area contributed by atoms with Gasteiger partial charge in [-0.1, -0.05) is 59.6 Å². The molecule has 2 atom stereocenters. The van der Waals surface area contributed by atoms with Gasteiger partial charge in [0.1, 0.15) is 16.5 Å². The zero-order chi connectivity index (χ0) is 27.9. The maximum Gasteiger partial charge on any atom is 0.412 e. The van der Waals surface area contributed by atoms with Crippen LogP contribution in [0, 0.1) is 5.82 Å². The van der Waals surface area contributed by atoms with Gasteiger partial charge in [-0.25, -0.2) is 21.9 Å². The van der Waals surface area contributed by atoms with Gasteiger partial charge < -0.3 is 10.1 Å². The molecule has 1 amide bonds. The number of carbonyl (C=O) groups excluding carboxylic acids is 1. The molecule has 0 unspecified atom stereocenters. The van der Waals surface area contributed by atoms with Crippen molar-refractivity contribution in [2.45, 2.75) is 17.0 Å². The SMILES string of the molecule is CNC(=O)Oc1ccc2n(c1=O)[C@@H](c1ccc(Cl)cc1)[C@@H](c1ccc(Cl)cc1)N2S(=O)(=O)c1ccccc1F. The number of hydrogen-bond acceptors (Lipinski definition) is 5. The van der Waals surface area contributed by atoms with Gasteiger partial charge in [-0.2, -0.15) is 0 Å². The zero-order valence-electron chi connectivity index (χ0n) is 20.2. The summed E-state index contributed by atoms with van der Waals surface area (Å²) in [5.74, 6) is -1.32. The number of anilines is 1. The van der Waals surface area contributed by atoms with Gasteiger partial charge in [0.25, 0.3) is 15.6 Å². The van der Waals surface area contributed by atoms with E-state index in [0.717, 1.165) is 16.4 Å². The highest BCUT2D eigenvalue weighted by Gasteiger charge is 2.48. The Kier molecular flexibility index (Phi) is 7.11. The Morgan fingerprint density at radius 1 is 0.872 bits per heavy atom. The van der Waals surface area contributed by atoms with Crippen LogP contribution in [0.4, 0.5) is 15.0 Å². The molecule has 0 spiro atoms. The average molecular weight is 588 g/mol. The van der Waals surface area contributed by atoms with Gasteiger partial charge >= 0.3 is 6.09 Å². The van der Waals surface area contributed by atoms with Crippen molar-refractivity contribution in [3.05, 3.63) is 122 Å². The Hall–Kier alpha value is -3.86. The molecule has 1 aromatic heterocycles. The second kappa shape index (κ2) is 10.4. The molecular weight excluding hydrogens is 568 g/mol. The number of benzene rings is 3. The van der Waals surface area contributed by atoms with Crippen molar-refractivity contribution in [1.29, 1.82) is 0 Å². The zero-order valence-corrected chi connectivity index (χ0v) is 22.5. The molecule has 0 fully saturated rings. The molecule has 5 rings (SSSR count). The molecule has 2 heterocycles. The lowest BCUT2D eigenvalue weighted by molar-refractivity contribution is 0.202. The third kappa shape index (κ3) is 4.75. The molecule has 3 aromatic carbocycles. The Balaban J connectivity index is 1.84. The van der Waals surface area contributed by atoms with Gasteiger partial charge in [0.2, 0.25) is 0 Å². The van der Waals surface area contributed by atoms with E-state index in [9.17, 15) is 22.4 Å². The van der Waals surface area contributed by atoms with Crippen LogP contribution in [0.1, 0.15) is 23.2 Å². The normalized spacial score (nSPS) is 16.6. The Morgan fingerprint density at radius 2 is 1.44 bits per heavy atom. The van der Waals surface area contributed by atoms with Gasteiger partial charge in [-0.15, -0.1) is 0 Å². The van der Waals surface area contributed by atoms with E-state index in [2.05, 4.69) is 5.32 Å². The van der Waals surface area contributed by atoms with Crippen molar-refractivity contribution < 1.29 is 22.3 Å². The summed E-state index contributed by atoms with van der Waals surface area (Å²) >= 11 is 12.2. The topological polar surface area (TPSA) is 97.7 Å². The summed E-state index contributed by atoms with van der Waals surface area (Å²) in [5, 5.41) is 3.12. The van der Waals surface area contributed by atoms with Gasteiger partial charge in [0.15, 0.2) is 5.75 Å².